The average Bonchev–Trinajstić information content (AvgIpc) is 2.78. The molecule has 1 atom stereocenters. The summed E-state index contributed by atoms with van der Waals surface area (Å²) in [6.07, 6.45) is 9.62. The molecule has 0 radical (unpaired) electrons. The van der Waals surface area contributed by atoms with E-state index in [-0.39, 0.29) is 0 Å². The molecule has 96 valence electrons. The van der Waals surface area contributed by atoms with Gasteiger partial charge in [0.1, 0.15) is 0 Å². The molecule has 1 aliphatic rings. The molecule has 2 rings (SSSR count). The summed E-state index contributed by atoms with van der Waals surface area (Å²) < 4.78 is 2.38. The molecular weight excluding hydrogens is 210 g/mol. The predicted molar refractivity (Wildman–Crippen MR) is 71.4 cm³/mol. The van der Waals surface area contributed by atoms with Gasteiger partial charge in [0.15, 0.2) is 0 Å². The summed E-state index contributed by atoms with van der Waals surface area (Å²) >= 11 is 0. The van der Waals surface area contributed by atoms with Crippen molar-refractivity contribution >= 4 is 0 Å². The molecule has 0 saturated carbocycles. The van der Waals surface area contributed by atoms with Crippen LogP contribution < -0.4 is 5.32 Å². The van der Waals surface area contributed by atoms with E-state index in [9.17, 15) is 0 Å². The number of imidazole rings is 1. The number of nitrogens with one attached hydrogen (secondary N) is 1. The molecule has 1 aliphatic carbocycles. The van der Waals surface area contributed by atoms with Crippen molar-refractivity contribution in [1.29, 1.82) is 0 Å². The smallest absolute Gasteiger partial charge is 0.0954 e. The molecule has 3 heteroatoms. The van der Waals surface area contributed by atoms with E-state index >= 15 is 0 Å². The number of aryl methyl sites for hydroxylation is 1. The Hall–Kier alpha value is -0.830. The Morgan fingerprint density at radius 1 is 1.41 bits per heavy atom. The number of fused-ring (bicyclic) bond motifs is 1. The van der Waals surface area contributed by atoms with E-state index in [1.807, 2.05) is 6.33 Å². The summed E-state index contributed by atoms with van der Waals surface area (Å²) in [5.41, 5.74) is 2.83. The second-order valence-electron chi connectivity index (χ2n) is 5.16. The van der Waals surface area contributed by atoms with Gasteiger partial charge in [0.2, 0.25) is 0 Å². The zero-order valence-electron chi connectivity index (χ0n) is 11.2. The standard InChI is InChI=1S/C14H25N3/c1-3-4-9-15-10-12(2)17-11-16-13-7-5-6-8-14(13)17/h11-12,15H,3-10H2,1-2H3. The Kier molecular flexibility index (Phi) is 4.60. The molecule has 0 fully saturated rings. The van der Waals surface area contributed by atoms with Crippen molar-refractivity contribution in [3.05, 3.63) is 17.7 Å². The lowest BCUT2D eigenvalue weighted by Crippen LogP contribution is -2.25. The molecule has 1 unspecified atom stereocenters. The van der Waals surface area contributed by atoms with Crippen LogP contribution in [0.4, 0.5) is 0 Å². The van der Waals surface area contributed by atoms with E-state index in [1.54, 1.807) is 0 Å². The molecule has 0 saturated heterocycles. The topological polar surface area (TPSA) is 29.9 Å². The molecule has 1 aromatic heterocycles. The van der Waals surface area contributed by atoms with Crippen LogP contribution in [0.15, 0.2) is 6.33 Å². The Labute approximate surface area is 105 Å². The molecule has 1 N–H and O–H groups in total. The van der Waals surface area contributed by atoms with Gasteiger partial charge in [0, 0.05) is 18.3 Å². The summed E-state index contributed by atoms with van der Waals surface area (Å²) in [5.74, 6) is 0. The number of rotatable bonds is 6. The number of nitrogens with zero attached hydrogens (tertiary/aromatic N) is 2. The van der Waals surface area contributed by atoms with Gasteiger partial charge in [-0.3, -0.25) is 0 Å². The predicted octanol–water partition coefficient (Wildman–Crippen LogP) is 2.71. The SMILES string of the molecule is CCCCNCC(C)n1cnc2c1CCCC2. The van der Waals surface area contributed by atoms with Crippen molar-refractivity contribution < 1.29 is 0 Å². The minimum absolute atomic E-state index is 0.529. The summed E-state index contributed by atoms with van der Waals surface area (Å²) in [7, 11) is 0. The van der Waals surface area contributed by atoms with E-state index in [1.165, 1.54) is 49.9 Å². The average molecular weight is 235 g/mol. The maximum Gasteiger partial charge on any atom is 0.0954 e. The van der Waals surface area contributed by atoms with Crippen molar-refractivity contribution in [3.8, 4) is 0 Å². The largest absolute Gasteiger partial charge is 0.330 e. The van der Waals surface area contributed by atoms with E-state index in [0.717, 1.165) is 13.1 Å². The minimum Gasteiger partial charge on any atom is -0.330 e. The van der Waals surface area contributed by atoms with Crippen LogP contribution in [-0.4, -0.2) is 22.6 Å². The third-order valence-corrected chi connectivity index (χ3v) is 3.68. The molecule has 0 amide bonds. The lowest BCUT2D eigenvalue weighted by molar-refractivity contribution is 0.469. The fourth-order valence-corrected chi connectivity index (χ4v) is 2.58. The first kappa shape index (κ1) is 12.6. The first-order chi connectivity index (χ1) is 8.33. The van der Waals surface area contributed by atoms with Gasteiger partial charge in [0.05, 0.1) is 12.0 Å². The monoisotopic (exact) mass is 235 g/mol. The van der Waals surface area contributed by atoms with Crippen LogP contribution in [0.3, 0.4) is 0 Å². The molecule has 0 bridgehead atoms. The summed E-state index contributed by atoms with van der Waals surface area (Å²) in [6, 6.07) is 0.529. The molecule has 1 heterocycles. The maximum atomic E-state index is 4.56. The summed E-state index contributed by atoms with van der Waals surface area (Å²) in [5, 5.41) is 3.53. The van der Waals surface area contributed by atoms with Crippen LogP contribution >= 0.6 is 0 Å². The molecular formula is C14H25N3. The van der Waals surface area contributed by atoms with Gasteiger partial charge >= 0.3 is 0 Å². The van der Waals surface area contributed by atoms with E-state index in [4.69, 9.17) is 0 Å². The Morgan fingerprint density at radius 3 is 3.06 bits per heavy atom. The lowest BCUT2D eigenvalue weighted by Gasteiger charge is -2.20. The molecule has 17 heavy (non-hydrogen) atoms. The highest BCUT2D eigenvalue weighted by Crippen LogP contribution is 2.22. The Balaban J connectivity index is 1.90. The van der Waals surface area contributed by atoms with Crippen LogP contribution in [0.5, 0.6) is 0 Å². The number of hydrogen-bond acceptors (Lipinski definition) is 2. The highest BCUT2D eigenvalue weighted by Gasteiger charge is 2.17. The van der Waals surface area contributed by atoms with Crippen LogP contribution in [0, 0.1) is 0 Å². The molecule has 0 aliphatic heterocycles. The third-order valence-electron chi connectivity index (χ3n) is 3.68. The fraction of sp³-hybridized carbons (Fsp3) is 0.786. The first-order valence-corrected chi connectivity index (χ1v) is 7.08. The number of unbranched alkanes of at least 4 members (excludes halogenated alkanes) is 1. The van der Waals surface area contributed by atoms with Gasteiger partial charge in [-0.05, 0) is 45.6 Å². The van der Waals surface area contributed by atoms with Gasteiger partial charge in [-0.2, -0.15) is 0 Å². The maximum absolute atomic E-state index is 4.56. The van der Waals surface area contributed by atoms with Crippen molar-refractivity contribution in [2.45, 2.75) is 58.4 Å². The lowest BCUT2D eigenvalue weighted by atomic mass is 10.0. The molecule has 0 spiro atoms. The number of aromatic nitrogens is 2. The van der Waals surface area contributed by atoms with Gasteiger partial charge < -0.3 is 9.88 Å². The molecule has 3 nitrogen and oxygen atoms in total. The molecule has 1 aromatic rings. The Morgan fingerprint density at radius 2 is 2.24 bits per heavy atom. The van der Waals surface area contributed by atoms with Crippen LogP contribution in [-0.2, 0) is 12.8 Å². The third kappa shape index (κ3) is 3.09. The summed E-state index contributed by atoms with van der Waals surface area (Å²) in [6.45, 7) is 6.72. The zero-order chi connectivity index (χ0) is 12.1. The van der Waals surface area contributed by atoms with Crippen LogP contribution in [0.2, 0.25) is 0 Å². The van der Waals surface area contributed by atoms with E-state index in [0.29, 0.717) is 6.04 Å². The Bertz CT molecular complexity index is 343. The zero-order valence-corrected chi connectivity index (χ0v) is 11.2. The highest BCUT2D eigenvalue weighted by molar-refractivity contribution is 5.17. The molecule has 0 aromatic carbocycles. The van der Waals surface area contributed by atoms with Gasteiger partial charge in [-0.15, -0.1) is 0 Å². The normalized spacial score (nSPS) is 16.8. The first-order valence-electron chi connectivity index (χ1n) is 7.08. The second kappa shape index (κ2) is 6.20. The minimum atomic E-state index is 0.529. The van der Waals surface area contributed by atoms with Crippen LogP contribution in [0.25, 0.3) is 0 Å². The fourth-order valence-electron chi connectivity index (χ4n) is 2.58. The van der Waals surface area contributed by atoms with Gasteiger partial charge in [-0.1, -0.05) is 13.3 Å². The van der Waals surface area contributed by atoms with Crippen molar-refractivity contribution in [1.82, 2.24) is 14.9 Å². The van der Waals surface area contributed by atoms with Crippen molar-refractivity contribution in [2.75, 3.05) is 13.1 Å². The van der Waals surface area contributed by atoms with Gasteiger partial charge in [-0.25, -0.2) is 4.98 Å². The quantitative estimate of drug-likeness (QED) is 0.768. The second-order valence-corrected chi connectivity index (χ2v) is 5.16. The van der Waals surface area contributed by atoms with Gasteiger partial charge in [0.25, 0.3) is 0 Å². The van der Waals surface area contributed by atoms with E-state index < -0.39 is 0 Å². The number of hydrogen-bond donors (Lipinski definition) is 1. The van der Waals surface area contributed by atoms with Crippen LogP contribution in [0.1, 0.15) is 57.0 Å². The van der Waals surface area contributed by atoms with Crippen molar-refractivity contribution in [3.63, 3.8) is 0 Å². The van der Waals surface area contributed by atoms with Crippen molar-refractivity contribution in [2.24, 2.45) is 0 Å². The van der Waals surface area contributed by atoms with E-state index in [2.05, 4.69) is 28.7 Å². The highest BCUT2D eigenvalue weighted by atomic mass is 15.1. The summed E-state index contributed by atoms with van der Waals surface area (Å²) in [4.78, 5) is 4.56.